The van der Waals surface area contributed by atoms with Crippen molar-refractivity contribution in [2.45, 2.75) is 19.3 Å². The average Bonchev–Trinajstić information content (AvgIpc) is 3.25. The Morgan fingerprint density at radius 3 is 2.70 bits per heavy atom. The van der Waals surface area contributed by atoms with E-state index in [1.165, 1.54) is 30.3 Å². The van der Waals surface area contributed by atoms with Crippen molar-refractivity contribution >= 4 is 17.3 Å². The molecule has 4 rings (SSSR count). The van der Waals surface area contributed by atoms with Crippen LogP contribution in [0.5, 0.6) is 0 Å². The first-order chi connectivity index (χ1) is 13.0. The maximum atomic E-state index is 13.2. The van der Waals surface area contributed by atoms with Crippen LogP contribution in [0.15, 0.2) is 48.5 Å². The number of benzene rings is 2. The van der Waals surface area contributed by atoms with Crippen LogP contribution in [-0.4, -0.2) is 20.6 Å². The van der Waals surface area contributed by atoms with Crippen LogP contribution < -0.4 is 5.32 Å². The fourth-order valence-electron chi connectivity index (χ4n) is 3.30. The van der Waals surface area contributed by atoms with Crippen molar-refractivity contribution in [3.8, 4) is 5.69 Å². The van der Waals surface area contributed by atoms with Crippen molar-refractivity contribution in [2.75, 3.05) is 5.32 Å². The molecule has 1 aliphatic rings. The Balaban J connectivity index is 1.67. The predicted molar refractivity (Wildman–Crippen MR) is 96.6 cm³/mol. The largest absolute Gasteiger partial charge is 0.320 e. The van der Waals surface area contributed by atoms with Crippen molar-refractivity contribution in [2.24, 2.45) is 0 Å². The fraction of sp³-hybridized carbons (Fsp3) is 0.158. The number of aromatic nitrogens is 2. The molecule has 0 radical (unpaired) electrons. The summed E-state index contributed by atoms with van der Waals surface area (Å²) in [6.45, 7) is 0. The lowest BCUT2D eigenvalue weighted by atomic mass is 10.2. The number of nitro groups is 1. The van der Waals surface area contributed by atoms with Crippen LogP contribution in [-0.2, 0) is 12.8 Å². The molecule has 7 nitrogen and oxygen atoms in total. The van der Waals surface area contributed by atoms with Gasteiger partial charge in [-0.15, -0.1) is 0 Å². The minimum absolute atomic E-state index is 0.102. The van der Waals surface area contributed by atoms with Crippen molar-refractivity contribution in [3.05, 3.63) is 81.4 Å². The maximum absolute atomic E-state index is 13.2. The molecule has 1 N–H and O–H groups in total. The molecule has 2 aromatic carbocycles. The molecule has 1 amide bonds. The monoisotopic (exact) mass is 366 g/mol. The zero-order valence-electron chi connectivity index (χ0n) is 14.2. The van der Waals surface area contributed by atoms with Crippen molar-refractivity contribution < 1.29 is 14.1 Å². The number of rotatable bonds is 4. The predicted octanol–water partition coefficient (Wildman–Crippen LogP) is 3.66. The van der Waals surface area contributed by atoms with Gasteiger partial charge in [0.2, 0.25) is 0 Å². The Hall–Kier alpha value is -3.55. The number of hydrogen-bond donors (Lipinski definition) is 1. The summed E-state index contributed by atoms with van der Waals surface area (Å²) in [7, 11) is 0. The summed E-state index contributed by atoms with van der Waals surface area (Å²) in [5.74, 6) is -0.763. The van der Waals surface area contributed by atoms with E-state index < -0.39 is 10.8 Å². The molecule has 3 aromatic rings. The van der Waals surface area contributed by atoms with E-state index in [1.807, 2.05) is 0 Å². The number of fused-ring (bicyclic) bond motifs is 1. The smallest absolute Gasteiger partial charge is 0.276 e. The van der Waals surface area contributed by atoms with E-state index in [2.05, 4.69) is 10.4 Å². The molecule has 0 saturated heterocycles. The SMILES string of the molecule is O=C(Nc1cccc([N+](=O)[O-])c1)c1nn(-c2ccc(F)cc2)c2c1CCC2. The van der Waals surface area contributed by atoms with E-state index in [4.69, 9.17) is 0 Å². The molecule has 27 heavy (non-hydrogen) atoms. The lowest BCUT2D eigenvalue weighted by Crippen LogP contribution is -2.15. The van der Waals surface area contributed by atoms with Gasteiger partial charge in [0.1, 0.15) is 5.82 Å². The Kier molecular flexibility index (Phi) is 4.15. The number of anilines is 1. The van der Waals surface area contributed by atoms with Crippen molar-refractivity contribution in [1.82, 2.24) is 9.78 Å². The van der Waals surface area contributed by atoms with Gasteiger partial charge in [0.15, 0.2) is 5.69 Å². The third kappa shape index (κ3) is 3.17. The second-order valence-corrected chi connectivity index (χ2v) is 6.28. The molecule has 0 unspecified atom stereocenters. The van der Waals surface area contributed by atoms with Crippen LogP contribution >= 0.6 is 0 Å². The van der Waals surface area contributed by atoms with E-state index in [-0.39, 0.29) is 11.5 Å². The van der Waals surface area contributed by atoms with Crippen LogP contribution in [0.4, 0.5) is 15.8 Å². The fourth-order valence-corrected chi connectivity index (χ4v) is 3.30. The summed E-state index contributed by atoms with van der Waals surface area (Å²) in [5, 5.41) is 18.0. The van der Waals surface area contributed by atoms with Crippen LogP contribution in [0.1, 0.15) is 28.2 Å². The summed E-state index contributed by atoms with van der Waals surface area (Å²) in [4.78, 5) is 23.1. The zero-order valence-corrected chi connectivity index (χ0v) is 14.2. The molecular weight excluding hydrogens is 351 g/mol. The number of halogens is 1. The van der Waals surface area contributed by atoms with Crippen molar-refractivity contribution in [1.29, 1.82) is 0 Å². The summed E-state index contributed by atoms with van der Waals surface area (Å²) in [6, 6.07) is 11.7. The number of amides is 1. The molecule has 0 spiro atoms. The molecule has 0 aliphatic heterocycles. The molecule has 0 saturated carbocycles. The minimum atomic E-state index is -0.517. The topological polar surface area (TPSA) is 90.1 Å². The molecule has 1 aliphatic carbocycles. The van der Waals surface area contributed by atoms with Gasteiger partial charge in [-0.3, -0.25) is 14.9 Å². The number of nitro benzene ring substituents is 1. The maximum Gasteiger partial charge on any atom is 0.276 e. The van der Waals surface area contributed by atoms with E-state index in [1.54, 1.807) is 22.9 Å². The number of nitrogens with zero attached hydrogens (tertiary/aromatic N) is 3. The molecule has 0 fully saturated rings. The third-order valence-electron chi connectivity index (χ3n) is 4.53. The molecule has 8 heteroatoms. The number of non-ortho nitro benzene ring substituents is 1. The Bertz CT molecular complexity index is 1040. The highest BCUT2D eigenvalue weighted by atomic mass is 19.1. The van der Waals surface area contributed by atoms with Crippen LogP contribution in [0.2, 0.25) is 0 Å². The first-order valence-electron chi connectivity index (χ1n) is 8.45. The van der Waals surface area contributed by atoms with Crippen LogP contribution in [0.25, 0.3) is 5.69 Å². The minimum Gasteiger partial charge on any atom is -0.320 e. The van der Waals surface area contributed by atoms with Gasteiger partial charge in [-0.25, -0.2) is 9.07 Å². The van der Waals surface area contributed by atoms with Crippen LogP contribution in [0, 0.1) is 15.9 Å². The molecule has 1 aromatic heterocycles. The van der Waals surface area contributed by atoms with Gasteiger partial charge in [0.05, 0.1) is 10.6 Å². The molecule has 1 heterocycles. The van der Waals surface area contributed by atoms with Gasteiger partial charge < -0.3 is 5.32 Å². The van der Waals surface area contributed by atoms with Crippen molar-refractivity contribution in [3.63, 3.8) is 0 Å². The molecule has 0 bridgehead atoms. The van der Waals surface area contributed by atoms with Gasteiger partial charge in [-0.05, 0) is 49.6 Å². The second kappa shape index (κ2) is 6.64. The van der Waals surface area contributed by atoms with Gasteiger partial charge in [0, 0.05) is 29.1 Å². The summed E-state index contributed by atoms with van der Waals surface area (Å²) >= 11 is 0. The highest BCUT2D eigenvalue weighted by Gasteiger charge is 2.27. The Labute approximate surface area is 153 Å². The summed E-state index contributed by atoms with van der Waals surface area (Å²) in [5.41, 5.74) is 3.00. The van der Waals surface area contributed by atoms with E-state index in [9.17, 15) is 19.3 Å². The molecule has 0 atom stereocenters. The normalized spacial score (nSPS) is 12.6. The van der Waals surface area contributed by atoms with E-state index in [0.29, 0.717) is 17.1 Å². The second-order valence-electron chi connectivity index (χ2n) is 6.28. The lowest BCUT2D eigenvalue weighted by molar-refractivity contribution is -0.384. The Morgan fingerprint density at radius 1 is 1.19 bits per heavy atom. The highest BCUT2D eigenvalue weighted by molar-refractivity contribution is 6.04. The quantitative estimate of drug-likeness (QED) is 0.564. The number of carbonyl (C=O) groups excluding carboxylic acids is 1. The third-order valence-corrected chi connectivity index (χ3v) is 4.53. The zero-order chi connectivity index (χ0) is 19.0. The van der Waals surface area contributed by atoms with Gasteiger partial charge in [-0.1, -0.05) is 6.07 Å². The summed E-state index contributed by atoms with van der Waals surface area (Å²) < 4.78 is 14.9. The average molecular weight is 366 g/mol. The molecular formula is C19H15FN4O3. The summed E-state index contributed by atoms with van der Waals surface area (Å²) in [6.07, 6.45) is 2.42. The number of hydrogen-bond acceptors (Lipinski definition) is 4. The highest BCUT2D eigenvalue weighted by Crippen LogP contribution is 2.28. The lowest BCUT2D eigenvalue weighted by Gasteiger charge is -2.05. The van der Waals surface area contributed by atoms with Gasteiger partial charge in [0.25, 0.3) is 11.6 Å². The van der Waals surface area contributed by atoms with Crippen LogP contribution in [0.3, 0.4) is 0 Å². The van der Waals surface area contributed by atoms with Gasteiger partial charge in [-0.2, -0.15) is 5.10 Å². The Morgan fingerprint density at radius 2 is 1.96 bits per heavy atom. The molecule has 136 valence electrons. The number of nitrogens with one attached hydrogen (secondary N) is 1. The van der Waals surface area contributed by atoms with Gasteiger partial charge >= 0.3 is 0 Å². The first-order valence-corrected chi connectivity index (χ1v) is 8.45. The van der Waals surface area contributed by atoms with E-state index >= 15 is 0 Å². The van der Waals surface area contributed by atoms with E-state index in [0.717, 1.165) is 30.5 Å². The first kappa shape index (κ1) is 16.9. The number of carbonyl (C=O) groups is 1. The standard InChI is InChI=1S/C19H15FN4O3/c20-12-7-9-14(10-8-12)23-17-6-2-5-16(17)18(22-23)19(25)21-13-3-1-4-15(11-13)24(26)27/h1,3-4,7-11H,2,5-6H2,(H,21,25).